The highest BCUT2D eigenvalue weighted by Crippen LogP contribution is 2.30. The molecule has 0 spiro atoms. The van der Waals surface area contributed by atoms with E-state index in [0.717, 1.165) is 22.4 Å². The fourth-order valence-electron chi connectivity index (χ4n) is 14.6. The number of nitrogens with zero attached hydrogens (tertiary/aromatic N) is 2. The van der Waals surface area contributed by atoms with Crippen LogP contribution in [-0.4, -0.2) is 215 Å². The predicted octanol–water partition coefficient (Wildman–Crippen LogP) is 1.36. The maximum atomic E-state index is 15.7. The molecule has 1 aliphatic carbocycles. The molecule has 5 aromatic rings. The molecular weight excluding hydrogens is 1510 g/mol. The summed E-state index contributed by atoms with van der Waals surface area (Å²) < 4.78 is 0. The maximum Gasteiger partial charge on any atom is 0.246 e. The molecule has 9 rings (SSSR count). The number of benzene rings is 3. The van der Waals surface area contributed by atoms with E-state index in [1.165, 1.54) is 92.1 Å². The van der Waals surface area contributed by atoms with E-state index in [2.05, 4.69) is 68.5 Å². The monoisotopic (exact) mass is 1610 g/mol. The van der Waals surface area contributed by atoms with Crippen LogP contribution in [0.25, 0.3) is 11.0 Å². The number of aromatic amines is 1. The molecule has 5 heterocycles. The largest absolute Gasteiger partial charge is 0.508 e. The highest BCUT2D eigenvalue weighted by Gasteiger charge is 2.46. The second kappa shape index (κ2) is 41.1. The lowest BCUT2D eigenvalue weighted by Gasteiger charge is -2.34. The summed E-state index contributed by atoms with van der Waals surface area (Å²) in [6, 6.07) is 4.55. The molecule has 13 amide bonds. The number of carbonyl (C=O) groups excluding carboxylic acids is 13. The first-order valence-corrected chi connectivity index (χ1v) is 41.1. The van der Waals surface area contributed by atoms with Gasteiger partial charge in [0.05, 0.1) is 12.2 Å². The van der Waals surface area contributed by atoms with Crippen LogP contribution < -0.4 is 64.2 Å². The zero-order valence-corrected chi connectivity index (χ0v) is 66.6. The minimum atomic E-state index is -1.85. The number of aliphatic hydroxyl groups excluding tert-OH is 2. The third-order valence-corrected chi connectivity index (χ3v) is 22.9. The van der Waals surface area contributed by atoms with Gasteiger partial charge in [-0.1, -0.05) is 102 Å². The van der Waals surface area contributed by atoms with Gasteiger partial charge >= 0.3 is 0 Å². The lowest BCUT2D eigenvalue weighted by atomic mass is 9.83. The molecule has 114 heavy (non-hydrogen) atoms. The smallest absolute Gasteiger partial charge is 0.246 e. The average Bonchev–Trinajstić information content (AvgIpc) is 1.65. The highest BCUT2D eigenvalue weighted by atomic mass is 32.2. The number of hydrogen-bond donors (Lipinski definition) is 17. The molecule has 0 unspecified atom stereocenters. The molecule has 0 radical (unpaired) electrons. The van der Waals surface area contributed by atoms with Gasteiger partial charge in [-0.25, -0.2) is 4.98 Å². The summed E-state index contributed by atoms with van der Waals surface area (Å²) >= 11 is 2.72. The Morgan fingerprint density at radius 1 is 0.579 bits per heavy atom. The number of rotatable bonds is 12. The van der Waals surface area contributed by atoms with Crippen molar-refractivity contribution in [1.82, 2.24) is 73.4 Å². The van der Waals surface area contributed by atoms with Gasteiger partial charge in [0.25, 0.3) is 0 Å². The number of carbonyl (C=O) groups is 13. The first-order chi connectivity index (χ1) is 54.3. The topological polar surface area (TPSA) is 493 Å². The van der Waals surface area contributed by atoms with Crippen molar-refractivity contribution in [2.45, 2.75) is 234 Å². The quantitative estimate of drug-likeness (QED) is 0.0838. The number of thioether (sulfide) groups is 2. The third kappa shape index (κ3) is 24.8. The van der Waals surface area contributed by atoms with Crippen molar-refractivity contribution in [3.63, 3.8) is 0 Å². The zero-order valence-electron chi connectivity index (χ0n) is 64.9. The van der Waals surface area contributed by atoms with E-state index in [0.29, 0.717) is 70.7 Å². The summed E-state index contributed by atoms with van der Waals surface area (Å²) in [6.45, 7) is 8.96. The number of pyridine rings is 1. The molecule has 616 valence electrons. The van der Waals surface area contributed by atoms with Crippen LogP contribution in [0.5, 0.6) is 11.5 Å². The predicted molar refractivity (Wildman–Crippen MR) is 426 cm³/mol. The molecule has 18 N–H and O–H groups in total. The second-order valence-corrected chi connectivity index (χ2v) is 33.1. The summed E-state index contributed by atoms with van der Waals surface area (Å²) in [5.41, 5.74) is 8.35. The van der Waals surface area contributed by atoms with Gasteiger partial charge in [-0.2, -0.15) is 23.5 Å². The van der Waals surface area contributed by atoms with Gasteiger partial charge in [-0.15, -0.1) is 0 Å². The Morgan fingerprint density at radius 2 is 1.15 bits per heavy atom. The van der Waals surface area contributed by atoms with Crippen molar-refractivity contribution in [3.8, 4) is 11.5 Å². The number of hydrogen-bond acceptors (Lipinski definition) is 20. The summed E-state index contributed by atoms with van der Waals surface area (Å²) in [5, 5.41) is 74.2. The standard InChI is InChI=1S/C80H107N15O17S2/c1-7-14-55-70(103)86-56-20-12-21-62(100)84-51-37-61(74(107)92-64(43(2)96)75(108)88-58(72(105)85-55)36-50-38-83-69-54(50)19-13-31-82-69)95(39-51)79(112)59(35-46-24-28-53(99)29-25-46)89-78(111)67(80(4,5)6)91-63(101)30-32-113-40-47-15-11-16-48(33-47)41-114-42-60(68(81)102)90-76(109)65(44(3)97)93-77(110)66(49-17-9-8-10-18-49)94-73(106)57(87-71(56)104)34-45-22-26-52(98)27-23-45/h11,13,15-16,19,22-29,31,33,38,43-44,49,51,55-61,64-67,96-99H,7-10,12,14,17-18,20-21,30,32,34-37,39-42H2,1-6H3,(H2,81,102)(H,82,83)(H,84,100)(H,85,105)(H,86,103)(H,87,104)(H,88,108)(H,89,111)(H,90,109)(H,91,101)(H,92,107)(H,93,110)(H,94,106)/t43-,44-,51-,55+,56+,57+,58+,59+,60+,61+,64+,65+,66+,67-/m1/s1. The number of H-pyrrole nitrogens is 1. The summed E-state index contributed by atoms with van der Waals surface area (Å²) in [7, 11) is 0. The number of phenols is 2. The van der Waals surface area contributed by atoms with Gasteiger partial charge in [0.15, 0.2) is 0 Å². The van der Waals surface area contributed by atoms with Gasteiger partial charge in [0, 0.05) is 85.5 Å². The van der Waals surface area contributed by atoms with E-state index in [1.54, 1.807) is 46.0 Å². The summed E-state index contributed by atoms with van der Waals surface area (Å²) in [4.78, 5) is 201. The molecule has 1 saturated carbocycles. The van der Waals surface area contributed by atoms with E-state index in [-0.39, 0.29) is 88.0 Å². The Balaban J connectivity index is 1.12. The van der Waals surface area contributed by atoms with Crippen LogP contribution in [0, 0.1) is 11.3 Å². The lowest BCUT2D eigenvalue weighted by molar-refractivity contribution is -0.143. The minimum absolute atomic E-state index is 0.0278. The Morgan fingerprint density at radius 3 is 1.78 bits per heavy atom. The van der Waals surface area contributed by atoms with Crippen molar-refractivity contribution in [2.75, 3.05) is 18.1 Å². The molecule has 32 nitrogen and oxygen atoms in total. The highest BCUT2D eigenvalue weighted by molar-refractivity contribution is 7.98. The number of primary amides is 1. The number of fused-ring (bicyclic) bond motifs is 11. The number of amides is 13. The first-order valence-electron chi connectivity index (χ1n) is 38.8. The number of aromatic nitrogens is 2. The van der Waals surface area contributed by atoms with Crippen LogP contribution >= 0.6 is 23.5 Å². The van der Waals surface area contributed by atoms with Crippen molar-refractivity contribution in [2.24, 2.45) is 17.1 Å². The molecule has 14 atom stereocenters. The molecule has 34 heteroatoms. The van der Waals surface area contributed by atoms with Gasteiger partial charge < -0.3 is 94.5 Å². The number of phenolic OH excluding ortho intramolecular Hbond substituents is 2. The average molecular weight is 1610 g/mol. The van der Waals surface area contributed by atoms with Crippen LogP contribution in [0.1, 0.15) is 146 Å². The molecule has 3 aliphatic heterocycles. The van der Waals surface area contributed by atoms with Crippen LogP contribution in [0.2, 0.25) is 0 Å². The molecular formula is C80H107N15O17S2. The number of aromatic hydroxyl groups is 2. The Bertz CT molecular complexity index is 4250. The molecule has 3 fully saturated rings. The number of nitrogens with one attached hydrogen (secondary N) is 12. The molecule has 3 aromatic carbocycles. The zero-order chi connectivity index (χ0) is 82.5. The third-order valence-electron chi connectivity index (χ3n) is 20.8. The Hall–Kier alpha value is -10.3. The lowest BCUT2D eigenvalue weighted by Crippen LogP contribution is -2.63. The van der Waals surface area contributed by atoms with Crippen LogP contribution in [0.15, 0.2) is 97.3 Å². The maximum absolute atomic E-state index is 15.7. The van der Waals surface area contributed by atoms with Crippen molar-refractivity contribution in [1.29, 1.82) is 0 Å². The minimum Gasteiger partial charge on any atom is -0.508 e. The van der Waals surface area contributed by atoms with Crippen molar-refractivity contribution >= 4 is 111 Å². The van der Waals surface area contributed by atoms with E-state index >= 15 is 28.8 Å². The summed E-state index contributed by atoms with van der Waals surface area (Å²) in [5.74, 6) is -11.1. The Kier molecular flexibility index (Phi) is 31.6. The molecule has 4 aliphatic rings. The van der Waals surface area contributed by atoms with Crippen LogP contribution in [0.3, 0.4) is 0 Å². The van der Waals surface area contributed by atoms with E-state index in [1.807, 2.05) is 24.3 Å². The van der Waals surface area contributed by atoms with E-state index in [4.69, 9.17) is 5.73 Å². The van der Waals surface area contributed by atoms with E-state index in [9.17, 15) is 54.0 Å². The van der Waals surface area contributed by atoms with E-state index < -0.39 is 173 Å². The first kappa shape index (κ1) is 87.6. The Labute approximate surface area is 669 Å². The molecule has 6 bridgehead atoms. The van der Waals surface area contributed by atoms with Gasteiger partial charge in [-0.05, 0) is 128 Å². The molecule has 2 saturated heterocycles. The van der Waals surface area contributed by atoms with Gasteiger partial charge in [0.1, 0.15) is 83.6 Å². The summed E-state index contributed by atoms with van der Waals surface area (Å²) in [6.07, 6.45) is 0.969. The fourth-order valence-corrected chi connectivity index (χ4v) is 16.5. The SMILES string of the molecule is CCC[C@@H]1NC(=O)[C@H](Cc2c[nH]c3ncccc23)NC(=O)[C@H]([C@@H](C)O)NC(=O)[C@@H]2C[C@@H]3CN2C(=O)[C@H](Cc2ccc(O)cc2)NC(=O)[C@H](C(C)(C)C)NC(=O)CCSCc2cccc(c2)CSC[C@@H](C(N)=O)NC(=O)[C@H]([C@@H](C)O)NC(=O)[C@H](C2CCCCC2)NC(=O)[C@H](Cc2ccc(O)cc2)NC(=O)[C@H](CCCC(=O)N3)NC1=O. The second-order valence-electron chi connectivity index (χ2n) is 31.0. The molecule has 2 aromatic heterocycles. The van der Waals surface area contributed by atoms with Crippen molar-refractivity contribution in [3.05, 3.63) is 125 Å². The van der Waals surface area contributed by atoms with Crippen LogP contribution in [-0.2, 0) is 93.1 Å². The fraction of sp³-hybridized carbons (Fsp3) is 0.525. The number of nitrogens with two attached hydrogens (primary N) is 1. The van der Waals surface area contributed by atoms with Gasteiger partial charge in [-0.3, -0.25) is 62.3 Å². The van der Waals surface area contributed by atoms with Gasteiger partial charge in [0.2, 0.25) is 76.8 Å². The van der Waals surface area contributed by atoms with Crippen LogP contribution in [0.4, 0.5) is 0 Å². The number of aliphatic hydroxyl groups is 2. The van der Waals surface area contributed by atoms with Crippen molar-refractivity contribution < 1.29 is 82.8 Å². The normalized spacial score (nSPS) is 26.3.